The number of aryl methyl sites for hydroxylation is 2. The fourth-order valence-corrected chi connectivity index (χ4v) is 3.49. The van der Waals surface area contributed by atoms with Crippen molar-refractivity contribution in [3.05, 3.63) is 70.2 Å². The van der Waals surface area contributed by atoms with Crippen molar-refractivity contribution in [2.75, 3.05) is 5.32 Å². The van der Waals surface area contributed by atoms with Crippen molar-refractivity contribution in [1.29, 1.82) is 0 Å². The molecule has 0 saturated carbocycles. The Bertz CT molecular complexity index is 967. The number of nitrogens with zero attached hydrogens (tertiary/aromatic N) is 1. The molecule has 3 rings (SSSR count). The Morgan fingerprint density at radius 2 is 1.70 bits per heavy atom. The van der Waals surface area contributed by atoms with E-state index in [0.717, 1.165) is 16.1 Å². The van der Waals surface area contributed by atoms with Crippen LogP contribution in [0.5, 0.6) is 0 Å². The number of para-hydroxylation sites is 1. The molecule has 3 aromatic rings. The number of benzene rings is 2. The average molecular weight is 380 g/mol. The SMILES string of the molecule is Cc1nc(C)c(C(=O)OC(C)C(=O)Nc2ccccc2-c2ccccc2)s1. The number of anilines is 1. The van der Waals surface area contributed by atoms with Gasteiger partial charge in [-0.05, 0) is 32.4 Å². The van der Waals surface area contributed by atoms with Crippen LogP contribution < -0.4 is 5.32 Å². The number of aromatic nitrogens is 1. The van der Waals surface area contributed by atoms with Gasteiger partial charge in [-0.2, -0.15) is 0 Å². The lowest BCUT2D eigenvalue weighted by Gasteiger charge is -2.15. The molecule has 1 heterocycles. The molecule has 1 amide bonds. The lowest BCUT2D eigenvalue weighted by Crippen LogP contribution is -2.30. The number of carbonyl (C=O) groups excluding carboxylic acids is 2. The van der Waals surface area contributed by atoms with E-state index in [1.165, 1.54) is 11.3 Å². The summed E-state index contributed by atoms with van der Waals surface area (Å²) in [6.07, 6.45) is -0.928. The normalized spacial score (nSPS) is 11.7. The van der Waals surface area contributed by atoms with Crippen LogP contribution >= 0.6 is 11.3 Å². The summed E-state index contributed by atoms with van der Waals surface area (Å²) in [5.41, 5.74) is 3.18. The maximum atomic E-state index is 12.6. The van der Waals surface area contributed by atoms with Gasteiger partial charge in [-0.1, -0.05) is 48.5 Å². The lowest BCUT2D eigenvalue weighted by molar-refractivity contribution is -0.123. The van der Waals surface area contributed by atoms with E-state index in [0.29, 0.717) is 16.3 Å². The van der Waals surface area contributed by atoms with Crippen LogP contribution in [0, 0.1) is 13.8 Å². The Balaban J connectivity index is 1.72. The summed E-state index contributed by atoms with van der Waals surface area (Å²) >= 11 is 1.26. The molecule has 1 N–H and O–H groups in total. The predicted molar refractivity (Wildman–Crippen MR) is 107 cm³/mol. The Morgan fingerprint density at radius 3 is 2.37 bits per heavy atom. The van der Waals surface area contributed by atoms with Gasteiger partial charge in [-0.25, -0.2) is 9.78 Å². The lowest BCUT2D eigenvalue weighted by atomic mass is 10.0. The Labute approximate surface area is 162 Å². The molecular weight excluding hydrogens is 360 g/mol. The summed E-state index contributed by atoms with van der Waals surface area (Å²) in [7, 11) is 0. The van der Waals surface area contributed by atoms with Crippen molar-refractivity contribution in [1.82, 2.24) is 4.98 Å². The molecule has 1 atom stereocenters. The zero-order chi connectivity index (χ0) is 19.4. The Morgan fingerprint density at radius 1 is 1.04 bits per heavy atom. The van der Waals surface area contributed by atoms with Crippen LogP contribution in [0.3, 0.4) is 0 Å². The number of ether oxygens (including phenoxy) is 1. The van der Waals surface area contributed by atoms with Crippen LogP contribution in [0.25, 0.3) is 11.1 Å². The van der Waals surface area contributed by atoms with Gasteiger partial charge in [-0.15, -0.1) is 11.3 Å². The summed E-state index contributed by atoms with van der Waals surface area (Å²) in [4.78, 5) is 29.5. The molecule has 0 aliphatic rings. The second-order valence-electron chi connectivity index (χ2n) is 6.10. The van der Waals surface area contributed by atoms with E-state index in [-0.39, 0.29) is 5.91 Å². The van der Waals surface area contributed by atoms with E-state index < -0.39 is 12.1 Å². The summed E-state index contributed by atoms with van der Waals surface area (Å²) in [6, 6.07) is 17.3. The van der Waals surface area contributed by atoms with E-state index in [9.17, 15) is 9.59 Å². The van der Waals surface area contributed by atoms with Gasteiger partial charge in [0.2, 0.25) is 0 Å². The summed E-state index contributed by atoms with van der Waals surface area (Å²) in [5.74, 6) is -0.914. The van der Waals surface area contributed by atoms with E-state index in [4.69, 9.17) is 4.74 Å². The van der Waals surface area contributed by atoms with E-state index in [1.54, 1.807) is 13.8 Å². The van der Waals surface area contributed by atoms with Crippen LogP contribution in [0.2, 0.25) is 0 Å². The van der Waals surface area contributed by atoms with Crippen LogP contribution in [0.4, 0.5) is 5.69 Å². The highest BCUT2D eigenvalue weighted by atomic mass is 32.1. The molecule has 138 valence electrons. The van der Waals surface area contributed by atoms with Crippen LogP contribution in [0.1, 0.15) is 27.3 Å². The van der Waals surface area contributed by atoms with Crippen LogP contribution in [-0.2, 0) is 9.53 Å². The van der Waals surface area contributed by atoms with Crippen molar-refractivity contribution in [3.63, 3.8) is 0 Å². The Hall–Kier alpha value is -2.99. The first kappa shape index (κ1) is 18.8. The summed E-state index contributed by atoms with van der Waals surface area (Å²) in [5, 5.41) is 3.64. The van der Waals surface area contributed by atoms with Crippen molar-refractivity contribution >= 4 is 28.9 Å². The van der Waals surface area contributed by atoms with Gasteiger partial charge in [-0.3, -0.25) is 4.79 Å². The smallest absolute Gasteiger partial charge is 0.351 e. The molecule has 1 aromatic heterocycles. The number of hydrogen-bond donors (Lipinski definition) is 1. The molecule has 0 aliphatic carbocycles. The highest BCUT2D eigenvalue weighted by molar-refractivity contribution is 7.13. The number of esters is 1. The molecule has 6 heteroatoms. The maximum absolute atomic E-state index is 12.6. The van der Waals surface area contributed by atoms with Crippen LogP contribution in [0.15, 0.2) is 54.6 Å². The number of hydrogen-bond acceptors (Lipinski definition) is 5. The molecule has 0 saturated heterocycles. The van der Waals surface area contributed by atoms with Crippen molar-refractivity contribution in [2.24, 2.45) is 0 Å². The monoisotopic (exact) mass is 380 g/mol. The number of carbonyl (C=O) groups is 2. The van der Waals surface area contributed by atoms with Gasteiger partial charge < -0.3 is 10.1 Å². The molecule has 0 fully saturated rings. The second kappa shape index (κ2) is 8.14. The molecule has 0 bridgehead atoms. The fraction of sp³-hybridized carbons (Fsp3) is 0.190. The summed E-state index contributed by atoms with van der Waals surface area (Å²) < 4.78 is 5.33. The Kier molecular flexibility index (Phi) is 5.66. The van der Waals surface area contributed by atoms with Crippen molar-refractivity contribution in [2.45, 2.75) is 26.9 Å². The molecular formula is C21H20N2O3S. The first-order valence-electron chi connectivity index (χ1n) is 8.56. The first-order chi connectivity index (χ1) is 13.0. The van der Waals surface area contributed by atoms with Gasteiger partial charge >= 0.3 is 5.97 Å². The van der Waals surface area contributed by atoms with Crippen LogP contribution in [-0.4, -0.2) is 23.0 Å². The number of amides is 1. The average Bonchev–Trinajstić information content (AvgIpc) is 3.01. The first-order valence-corrected chi connectivity index (χ1v) is 9.37. The predicted octanol–water partition coefficient (Wildman–Crippen LogP) is 4.61. The van der Waals surface area contributed by atoms with Gasteiger partial charge in [0.1, 0.15) is 4.88 Å². The van der Waals surface area contributed by atoms with Gasteiger partial charge in [0.05, 0.1) is 10.7 Å². The third-order valence-electron chi connectivity index (χ3n) is 4.01. The zero-order valence-corrected chi connectivity index (χ0v) is 16.2. The van der Waals surface area contributed by atoms with Gasteiger partial charge in [0, 0.05) is 11.3 Å². The van der Waals surface area contributed by atoms with Gasteiger partial charge in [0.15, 0.2) is 6.10 Å². The highest BCUT2D eigenvalue weighted by Gasteiger charge is 2.22. The van der Waals surface area contributed by atoms with Crippen molar-refractivity contribution in [3.8, 4) is 11.1 Å². The zero-order valence-electron chi connectivity index (χ0n) is 15.4. The second-order valence-corrected chi connectivity index (χ2v) is 7.30. The minimum atomic E-state index is -0.928. The standard InChI is InChI=1S/C21H20N2O3S/c1-13-19(27-15(3)22-13)21(25)26-14(2)20(24)23-18-12-8-7-11-17(18)16-9-5-4-6-10-16/h4-12,14H,1-3H3,(H,23,24). The third-order valence-corrected chi connectivity index (χ3v) is 5.06. The number of rotatable bonds is 5. The van der Waals surface area contributed by atoms with E-state index in [2.05, 4.69) is 10.3 Å². The molecule has 2 aromatic carbocycles. The maximum Gasteiger partial charge on any atom is 0.351 e. The largest absolute Gasteiger partial charge is 0.448 e. The molecule has 0 radical (unpaired) electrons. The molecule has 0 aliphatic heterocycles. The molecule has 1 unspecified atom stereocenters. The quantitative estimate of drug-likeness (QED) is 0.656. The molecule has 5 nitrogen and oxygen atoms in total. The van der Waals surface area contributed by atoms with Gasteiger partial charge in [0.25, 0.3) is 5.91 Å². The minimum Gasteiger partial charge on any atom is -0.448 e. The van der Waals surface area contributed by atoms with Crippen molar-refractivity contribution < 1.29 is 14.3 Å². The van der Waals surface area contributed by atoms with E-state index in [1.807, 2.05) is 61.5 Å². The minimum absolute atomic E-state index is 0.384. The topological polar surface area (TPSA) is 68.3 Å². The fourth-order valence-electron chi connectivity index (χ4n) is 2.68. The number of nitrogens with one attached hydrogen (secondary N) is 1. The molecule has 27 heavy (non-hydrogen) atoms. The summed E-state index contributed by atoms with van der Waals surface area (Å²) in [6.45, 7) is 5.13. The van der Waals surface area contributed by atoms with E-state index >= 15 is 0 Å². The highest BCUT2D eigenvalue weighted by Crippen LogP contribution is 2.27. The third kappa shape index (κ3) is 4.41. The molecule has 0 spiro atoms. The number of thiazole rings is 1.